The van der Waals surface area contributed by atoms with Gasteiger partial charge in [0.25, 0.3) is 0 Å². The molecule has 4 heteroatoms. The van der Waals surface area contributed by atoms with Crippen molar-refractivity contribution in [3.05, 3.63) is 41.7 Å². The average molecular weight is 205 g/mol. The average Bonchev–Trinajstić information content (AvgIpc) is 2.26. The molecule has 0 aromatic heterocycles. The lowest BCUT2D eigenvalue weighted by Gasteiger charge is -2.16. The Morgan fingerprint density at radius 3 is 2.40 bits per heavy atom. The summed E-state index contributed by atoms with van der Waals surface area (Å²) in [6, 6.07) is 9.64. The molecular weight excluding hydrogens is 190 g/mol. The number of hydroxylamine groups is 2. The van der Waals surface area contributed by atoms with Gasteiger partial charge >= 0.3 is 0 Å². The maximum atomic E-state index is 9.38. The smallest absolute Gasteiger partial charge is 0.175 e. The highest BCUT2D eigenvalue weighted by Gasteiger charge is 2.08. The monoisotopic (exact) mass is 205 g/mol. The molecule has 0 aliphatic rings. The Balaban J connectivity index is 3.23. The van der Waals surface area contributed by atoms with E-state index in [0.29, 0.717) is 5.82 Å². The number of aliphatic imine (C=N–C) groups is 1. The second-order valence-corrected chi connectivity index (χ2v) is 3.00. The lowest BCUT2D eigenvalue weighted by molar-refractivity contribution is -0.0285. The second-order valence-electron chi connectivity index (χ2n) is 3.00. The van der Waals surface area contributed by atoms with E-state index >= 15 is 0 Å². The summed E-state index contributed by atoms with van der Waals surface area (Å²) in [6.07, 6.45) is 0. The molecule has 1 aromatic carbocycles. The van der Waals surface area contributed by atoms with Gasteiger partial charge in [0, 0.05) is 19.7 Å². The standard InChI is InChI=1S/C11H15N3O/c1-12-10(11(13-2)14(3)15)9-7-5-4-6-8-9/h4-8,12,15H,2H2,1,3H3/b11-10-. The molecule has 0 aliphatic heterocycles. The number of hydrogen-bond acceptors (Lipinski definition) is 4. The third kappa shape index (κ3) is 2.57. The van der Waals surface area contributed by atoms with E-state index in [1.54, 1.807) is 7.05 Å². The molecule has 0 radical (unpaired) electrons. The molecule has 15 heavy (non-hydrogen) atoms. The highest BCUT2D eigenvalue weighted by atomic mass is 16.5. The Labute approximate surface area is 89.5 Å². The Morgan fingerprint density at radius 2 is 2.00 bits per heavy atom. The Kier molecular flexibility index (Phi) is 3.88. The molecule has 4 nitrogen and oxygen atoms in total. The van der Waals surface area contributed by atoms with Crippen LogP contribution in [0.5, 0.6) is 0 Å². The van der Waals surface area contributed by atoms with E-state index in [0.717, 1.165) is 16.3 Å². The summed E-state index contributed by atoms with van der Waals surface area (Å²) < 4.78 is 0. The fourth-order valence-electron chi connectivity index (χ4n) is 1.33. The van der Waals surface area contributed by atoms with Gasteiger partial charge in [0.2, 0.25) is 0 Å². The Hall–Kier alpha value is -1.81. The van der Waals surface area contributed by atoms with E-state index in [-0.39, 0.29) is 0 Å². The molecule has 0 aliphatic carbocycles. The van der Waals surface area contributed by atoms with Crippen LogP contribution in [0.1, 0.15) is 5.56 Å². The van der Waals surface area contributed by atoms with Crippen LogP contribution < -0.4 is 5.32 Å². The van der Waals surface area contributed by atoms with E-state index in [2.05, 4.69) is 17.0 Å². The van der Waals surface area contributed by atoms with Gasteiger partial charge in [0.1, 0.15) is 0 Å². The van der Waals surface area contributed by atoms with Crippen LogP contribution in [-0.4, -0.2) is 31.1 Å². The first kappa shape index (κ1) is 11.3. The van der Waals surface area contributed by atoms with Crippen molar-refractivity contribution in [1.82, 2.24) is 10.4 Å². The summed E-state index contributed by atoms with van der Waals surface area (Å²) in [5.41, 5.74) is 1.68. The number of hydrogen-bond donors (Lipinski definition) is 2. The van der Waals surface area contributed by atoms with Crippen molar-refractivity contribution in [2.45, 2.75) is 0 Å². The van der Waals surface area contributed by atoms with Crippen LogP contribution in [0.15, 0.2) is 41.1 Å². The molecule has 0 heterocycles. The van der Waals surface area contributed by atoms with Crippen molar-refractivity contribution < 1.29 is 5.21 Å². The number of rotatable bonds is 4. The minimum absolute atomic E-state index is 0.392. The lowest BCUT2D eigenvalue weighted by Crippen LogP contribution is -2.18. The van der Waals surface area contributed by atoms with Crippen molar-refractivity contribution in [3.63, 3.8) is 0 Å². The summed E-state index contributed by atoms with van der Waals surface area (Å²) in [4.78, 5) is 3.78. The molecule has 0 spiro atoms. The first-order valence-corrected chi connectivity index (χ1v) is 4.57. The van der Waals surface area contributed by atoms with Crippen LogP contribution in [0.4, 0.5) is 0 Å². The zero-order valence-electron chi connectivity index (χ0n) is 8.94. The SMILES string of the molecule is C=N/C(=C(/NC)c1ccccc1)N(C)O. The van der Waals surface area contributed by atoms with Crippen LogP contribution in [0.2, 0.25) is 0 Å². The van der Waals surface area contributed by atoms with Crippen molar-refractivity contribution in [2.24, 2.45) is 4.99 Å². The van der Waals surface area contributed by atoms with Gasteiger partial charge in [0.05, 0.1) is 5.70 Å². The van der Waals surface area contributed by atoms with Gasteiger partial charge in [-0.1, -0.05) is 30.3 Å². The van der Waals surface area contributed by atoms with Gasteiger partial charge in [-0.25, -0.2) is 10.1 Å². The second kappa shape index (κ2) is 5.17. The summed E-state index contributed by atoms with van der Waals surface area (Å²) in [5, 5.41) is 13.3. The summed E-state index contributed by atoms with van der Waals surface area (Å²) in [5.74, 6) is 0.392. The lowest BCUT2D eigenvalue weighted by atomic mass is 10.1. The van der Waals surface area contributed by atoms with Crippen molar-refractivity contribution >= 4 is 12.4 Å². The maximum absolute atomic E-state index is 9.38. The van der Waals surface area contributed by atoms with Gasteiger partial charge < -0.3 is 5.32 Å². The zero-order valence-corrected chi connectivity index (χ0v) is 8.94. The molecule has 0 fully saturated rings. The van der Waals surface area contributed by atoms with E-state index in [4.69, 9.17) is 0 Å². The van der Waals surface area contributed by atoms with Crippen LogP contribution in [-0.2, 0) is 0 Å². The predicted octanol–water partition coefficient (Wildman–Crippen LogP) is 1.55. The fraction of sp³-hybridized carbons (Fsp3) is 0.182. The first-order chi connectivity index (χ1) is 7.20. The quantitative estimate of drug-likeness (QED) is 0.579. The van der Waals surface area contributed by atoms with Gasteiger partial charge in [0.15, 0.2) is 5.82 Å². The maximum Gasteiger partial charge on any atom is 0.175 e. The molecular formula is C11H15N3O. The highest BCUT2D eigenvalue weighted by Crippen LogP contribution is 2.17. The van der Waals surface area contributed by atoms with E-state index < -0.39 is 0 Å². The minimum atomic E-state index is 0.392. The van der Waals surface area contributed by atoms with Crippen molar-refractivity contribution in [2.75, 3.05) is 14.1 Å². The van der Waals surface area contributed by atoms with E-state index in [1.807, 2.05) is 30.3 Å². The zero-order chi connectivity index (χ0) is 11.3. The van der Waals surface area contributed by atoms with E-state index in [1.165, 1.54) is 7.05 Å². The summed E-state index contributed by atoms with van der Waals surface area (Å²) in [6.45, 7) is 3.43. The van der Waals surface area contributed by atoms with Crippen LogP contribution in [0, 0.1) is 0 Å². The Morgan fingerprint density at radius 1 is 1.40 bits per heavy atom. The third-order valence-corrected chi connectivity index (χ3v) is 1.99. The van der Waals surface area contributed by atoms with E-state index in [9.17, 15) is 5.21 Å². The molecule has 0 saturated carbocycles. The van der Waals surface area contributed by atoms with Gasteiger partial charge in [-0.05, 0) is 6.72 Å². The minimum Gasteiger partial charge on any atom is -0.385 e. The number of benzene rings is 1. The molecule has 0 saturated heterocycles. The summed E-state index contributed by atoms with van der Waals surface area (Å²) in [7, 11) is 3.28. The molecule has 1 aromatic rings. The molecule has 0 amide bonds. The molecule has 80 valence electrons. The molecule has 0 bridgehead atoms. The van der Waals surface area contributed by atoms with Gasteiger partial charge in [-0.15, -0.1) is 0 Å². The normalized spacial score (nSPS) is 11.7. The van der Waals surface area contributed by atoms with Gasteiger partial charge in [-0.2, -0.15) is 0 Å². The van der Waals surface area contributed by atoms with Crippen molar-refractivity contribution in [3.8, 4) is 0 Å². The van der Waals surface area contributed by atoms with Crippen molar-refractivity contribution in [1.29, 1.82) is 0 Å². The van der Waals surface area contributed by atoms with Gasteiger partial charge in [-0.3, -0.25) is 5.21 Å². The van der Waals surface area contributed by atoms with Crippen LogP contribution >= 0.6 is 0 Å². The predicted molar refractivity (Wildman–Crippen MR) is 61.5 cm³/mol. The molecule has 0 unspecified atom stereocenters. The summed E-state index contributed by atoms with van der Waals surface area (Å²) >= 11 is 0. The number of nitrogens with one attached hydrogen (secondary N) is 1. The largest absolute Gasteiger partial charge is 0.385 e. The number of nitrogens with zero attached hydrogens (tertiary/aromatic N) is 2. The fourth-order valence-corrected chi connectivity index (χ4v) is 1.33. The topological polar surface area (TPSA) is 47.9 Å². The Bertz CT molecular complexity index is 357. The molecule has 2 N–H and O–H groups in total. The van der Waals surface area contributed by atoms with Crippen LogP contribution in [0.25, 0.3) is 5.70 Å². The van der Waals surface area contributed by atoms with Crippen LogP contribution in [0.3, 0.4) is 0 Å². The first-order valence-electron chi connectivity index (χ1n) is 4.57. The molecule has 0 atom stereocenters. The third-order valence-electron chi connectivity index (χ3n) is 1.99. The highest BCUT2D eigenvalue weighted by molar-refractivity contribution is 5.66. The molecule has 1 rings (SSSR count).